The molecule has 1 aromatic heterocycles. The molecule has 8 nitrogen and oxygen atoms in total. The molecule has 0 amide bonds. The summed E-state index contributed by atoms with van der Waals surface area (Å²) in [4.78, 5) is 38.0. The van der Waals surface area contributed by atoms with Gasteiger partial charge in [0.2, 0.25) is 0 Å². The highest BCUT2D eigenvalue weighted by molar-refractivity contribution is 5.86. The molecule has 0 aromatic carbocycles. The van der Waals surface area contributed by atoms with Gasteiger partial charge in [0.05, 0.1) is 24.0 Å². The SMILES string of the molecule is CCC(C)C(=O)O[C@H]1C[C@@H](C)C=C2C=C[C@H](C)[C@H](CC[C@@H]3C[C@@H](O)CC(=O)O3)[C@H]21.O=C(O)c1cccnc1. The van der Waals surface area contributed by atoms with Gasteiger partial charge in [0.15, 0.2) is 0 Å². The number of allylic oxidation sites excluding steroid dienone is 3. The topological polar surface area (TPSA) is 123 Å². The number of hydrogen-bond donors (Lipinski definition) is 2. The molecule has 38 heavy (non-hydrogen) atoms. The molecule has 1 fully saturated rings. The number of aliphatic hydroxyl groups is 1. The number of pyridine rings is 1. The fraction of sp³-hybridized carbons (Fsp3) is 0.600. The van der Waals surface area contributed by atoms with Gasteiger partial charge in [0.25, 0.3) is 0 Å². The minimum absolute atomic E-state index is 0.0854. The number of hydrogen-bond acceptors (Lipinski definition) is 7. The number of aromatic carboxylic acids is 1. The van der Waals surface area contributed by atoms with E-state index in [2.05, 4.69) is 37.1 Å². The van der Waals surface area contributed by atoms with E-state index in [1.54, 1.807) is 6.07 Å². The Balaban J connectivity index is 0.000000375. The third-order valence-electron chi connectivity index (χ3n) is 7.84. The fourth-order valence-electron chi connectivity index (χ4n) is 5.56. The third kappa shape index (κ3) is 8.00. The van der Waals surface area contributed by atoms with E-state index >= 15 is 0 Å². The van der Waals surface area contributed by atoms with Crippen LogP contribution in [-0.4, -0.2) is 51.4 Å². The number of esters is 2. The third-order valence-corrected chi connectivity index (χ3v) is 7.84. The van der Waals surface area contributed by atoms with Gasteiger partial charge in [-0.15, -0.1) is 0 Å². The lowest BCUT2D eigenvalue weighted by Crippen LogP contribution is -2.42. The molecule has 1 saturated heterocycles. The van der Waals surface area contributed by atoms with Crippen LogP contribution in [0.2, 0.25) is 0 Å². The number of rotatable bonds is 7. The maximum atomic E-state index is 12.5. The molecular weight excluding hydrogens is 486 g/mol. The summed E-state index contributed by atoms with van der Waals surface area (Å²) in [5.41, 5.74) is 1.49. The van der Waals surface area contributed by atoms with Crippen LogP contribution in [0.25, 0.3) is 0 Å². The van der Waals surface area contributed by atoms with Gasteiger partial charge in [-0.3, -0.25) is 14.6 Å². The van der Waals surface area contributed by atoms with Gasteiger partial charge in [0.1, 0.15) is 12.2 Å². The molecule has 2 aliphatic carbocycles. The summed E-state index contributed by atoms with van der Waals surface area (Å²) in [6, 6.07) is 3.08. The van der Waals surface area contributed by atoms with Gasteiger partial charge in [-0.2, -0.15) is 0 Å². The number of carboxylic acid groups (broad SMARTS) is 1. The fourth-order valence-corrected chi connectivity index (χ4v) is 5.56. The molecule has 0 bridgehead atoms. The average Bonchev–Trinajstić information content (AvgIpc) is 2.88. The molecule has 1 aliphatic heterocycles. The van der Waals surface area contributed by atoms with Crippen molar-refractivity contribution in [3.8, 4) is 0 Å². The van der Waals surface area contributed by atoms with Crippen LogP contribution < -0.4 is 0 Å². The van der Waals surface area contributed by atoms with E-state index in [-0.39, 0.29) is 48.0 Å². The largest absolute Gasteiger partial charge is 0.478 e. The number of carbonyl (C=O) groups excluding carboxylic acids is 2. The minimum atomic E-state index is -0.942. The second-order valence-corrected chi connectivity index (χ2v) is 10.9. The van der Waals surface area contributed by atoms with Crippen molar-refractivity contribution in [2.75, 3.05) is 0 Å². The Kier molecular flexibility index (Phi) is 10.6. The number of carboxylic acids is 1. The monoisotopic (exact) mass is 527 g/mol. The molecule has 8 heteroatoms. The zero-order chi connectivity index (χ0) is 27.8. The molecule has 2 heterocycles. The molecule has 2 N–H and O–H groups in total. The van der Waals surface area contributed by atoms with E-state index in [1.807, 2.05) is 13.8 Å². The lowest BCUT2D eigenvalue weighted by atomic mass is 9.65. The van der Waals surface area contributed by atoms with E-state index in [9.17, 15) is 19.5 Å². The standard InChI is InChI=1S/C24H36O5.C6H5NO2/c1-5-15(3)24(27)29-21-11-14(2)10-17-7-6-16(4)20(23(17)21)9-8-19-12-18(25)13-22(26)28-19;8-6(9)5-2-1-3-7-4-5/h6-7,10,14-16,18-21,23,25H,5,8-9,11-13H2,1-4H3;1-4H,(H,8,9)/t14-,15?,16-,18+,19+,20-,21-,23-;/m0./s1. The number of nitrogens with zero attached hydrogens (tertiary/aromatic N) is 1. The van der Waals surface area contributed by atoms with Crippen LogP contribution in [0.15, 0.2) is 48.3 Å². The Labute approximate surface area is 225 Å². The Morgan fingerprint density at radius 3 is 2.61 bits per heavy atom. The first-order valence-electron chi connectivity index (χ1n) is 13.7. The highest BCUT2D eigenvalue weighted by Gasteiger charge is 2.42. The molecular formula is C30H41NO7. The number of carbonyl (C=O) groups is 3. The van der Waals surface area contributed by atoms with E-state index in [0.717, 1.165) is 25.7 Å². The maximum absolute atomic E-state index is 12.5. The number of cyclic esters (lactones) is 1. The summed E-state index contributed by atoms with van der Waals surface area (Å²) in [5.74, 6) is -0.187. The van der Waals surface area contributed by atoms with Crippen LogP contribution in [0.3, 0.4) is 0 Å². The van der Waals surface area contributed by atoms with Crippen molar-refractivity contribution < 1.29 is 34.1 Å². The van der Waals surface area contributed by atoms with E-state index in [4.69, 9.17) is 14.6 Å². The molecule has 0 spiro atoms. The van der Waals surface area contributed by atoms with Gasteiger partial charge >= 0.3 is 17.9 Å². The van der Waals surface area contributed by atoms with Crippen molar-refractivity contribution in [3.05, 3.63) is 53.9 Å². The first-order valence-corrected chi connectivity index (χ1v) is 13.7. The molecule has 4 rings (SSSR count). The van der Waals surface area contributed by atoms with Crippen LogP contribution in [-0.2, 0) is 19.1 Å². The number of aliphatic hydroxyl groups excluding tert-OH is 1. The highest BCUT2D eigenvalue weighted by atomic mass is 16.6. The summed E-state index contributed by atoms with van der Waals surface area (Å²) in [5, 5.41) is 18.2. The second-order valence-electron chi connectivity index (χ2n) is 10.9. The first kappa shape index (κ1) is 29.6. The quantitative estimate of drug-likeness (QED) is 0.476. The molecule has 208 valence electrons. The first-order chi connectivity index (χ1) is 18.1. The molecule has 3 aliphatic rings. The lowest BCUT2D eigenvalue weighted by molar-refractivity contribution is -0.162. The van der Waals surface area contributed by atoms with Crippen LogP contribution in [0.1, 0.15) is 76.6 Å². The summed E-state index contributed by atoms with van der Waals surface area (Å²) in [7, 11) is 0. The maximum Gasteiger partial charge on any atom is 0.337 e. The van der Waals surface area contributed by atoms with Crippen molar-refractivity contribution >= 4 is 17.9 Å². The molecule has 1 unspecified atom stereocenters. The Bertz CT molecular complexity index is 1020. The van der Waals surface area contributed by atoms with Crippen molar-refractivity contribution in [1.29, 1.82) is 0 Å². The van der Waals surface area contributed by atoms with Crippen LogP contribution >= 0.6 is 0 Å². The lowest BCUT2D eigenvalue weighted by Gasteiger charge is -2.43. The van der Waals surface area contributed by atoms with E-state index in [1.165, 1.54) is 24.0 Å². The normalized spacial score (nSPS) is 31.0. The Morgan fingerprint density at radius 2 is 2.00 bits per heavy atom. The Morgan fingerprint density at radius 1 is 1.24 bits per heavy atom. The summed E-state index contributed by atoms with van der Waals surface area (Å²) in [6.45, 7) is 8.33. The average molecular weight is 528 g/mol. The van der Waals surface area contributed by atoms with Gasteiger partial charge in [0, 0.05) is 24.7 Å². The van der Waals surface area contributed by atoms with Gasteiger partial charge in [-0.25, -0.2) is 4.79 Å². The summed E-state index contributed by atoms with van der Waals surface area (Å²) in [6.07, 6.45) is 12.5. The minimum Gasteiger partial charge on any atom is -0.478 e. The molecule has 1 aromatic rings. The predicted octanol–water partition coefficient (Wildman–Crippen LogP) is 4.98. The van der Waals surface area contributed by atoms with E-state index in [0.29, 0.717) is 24.2 Å². The van der Waals surface area contributed by atoms with Crippen LogP contribution in [0.4, 0.5) is 0 Å². The van der Waals surface area contributed by atoms with Crippen molar-refractivity contribution in [3.63, 3.8) is 0 Å². The summed E-state index contributed by atoms with van der Waals surface area (Å²) >= 11 is 0. The zero-order valence-electron chi connectivity index (χ0n) is 22.8. The van der Waals surface area contributed by atoms with E-state index < -0.39 is 12.1 Å². The van der Waals surface area contributed by atoms with Gasteiger partial charge < -0.3 is 19.7 Å². The molecule has 8 atom stereocenters. The van der Waals surface area contributed by atoms with Crippen LogP contribution in [0, 0.1) is 29.6 Å². The van der Waals surface area contributed by atoms with Crippen LogP contribution in [0.5, 0.6) is 0 Å². The van der Waals surface area contributed by atoms with Crippen molar-refractivity contribution in [1.82, 2.24) is 4.98 Å². The highest BCUT2D eigenvalue weighted by Crippen LogP contribution is 2.45. The smallest absolute Gasteiger partial charge is 0.337 e. The number of fused-ring (bicyclic) bond motifs is 1. The van der Waals surface area contributed by atoms with Gasteiger partial charge in [-0.1, -0.05) is 45.9 Å². The predicted molar refractivity (Wildman–Crippen MR) is 142 cm³/mol. The van der Waals surface area contributed by atoms with Crippen molar-refractivity contribution in [2.24, 2.45) is 29.6 Å². The molecule has 0 radical (unpaired) electrons. The summed E-state index contributed by atoms with van der Waals surface area (Å²) < 4.78 is 11.5. The number of aromatic nitrogens is 1. The van der Waals surface area contributed by atoms with Crippen molar-refractivity contribution in [2.45, 2.75) is 84.5 Å². The number of ether oxygens (including phenoxy) is 2. The zero-order valence-corrected chi connectivity index (χ0v) is 22.8. The second kappa shape index (κ2) is 13.7. The molecule has 0 saturated carbocycles. The van der Waals surface area contributed by atoms with Gasteiger partial charge in [-0.05, 0) is 61.1 Å². The Hall–Kier alpha value is -3.00.